The third-order valence-electron chi connectivity index (χ3n) is 2.54. The minimum absolute atomic E-state index is 0.00424. The topological polar surface area (TPSA) is 34.9 Å². The molecule has 0 fully saturated rings. The first-order valence-corrected chi connectivity index (χ1v) is 5.10. The Morgan fingerprint density at radius 2 is 1.83 bits per heavy atom. The van der Waals surface area contributed by atoms with Crippen LogP contribution in [0.25, 0.3) is 11.4 Å². The van der Waals surface area contributed by atoms with Gasteiger partial charge in [-0.15, -0.1) is 0 Å². The highest BCUT2D eigenvalue weighted by Crippen LogP contribution is 2.35. The molecular formula is C12H9F3N2O. The molecule has 0 saturated heterocycles. The lowest BCUT2D eigenvalue weighted by atomic mass is 10.1. The monoisotopic (exact) mass is 254 g/mol. The molecule has 94 valence electrons. The SMILES string of the molecule is Cn1c(-c2ccccc2C(F)(F)F)nccc1=O. The predicted molar refractivity (Wildman–Crippen MR) is 59.9 cm³/mol. The zero-order chi connectivity index (χ0) is 13.3. The quantitative estimate of drug-likeness (QED) is 0.783. The van der Waals surface area contributed by atoms with E-state index in [1.54, 1.807) is 0 Å². The summed E-state index contributed by atoms with van der Waals surface area (Å²) in [5, 5.41) is 0. The number of hydrogen-bond acceptors (Lipinski definition) is 2. The van der Waals surface area contributed by atoms with Crippen LogP contribution in [0.15, 0.2) is 41.3 Å². The van der Waals surface area contributed by atoms with Gasteiger partial charge >= 0.3 is 6.18 Å². The van der Waals surface area contributed by atoms with Crippen LogP contribution in [0.4, 0.5) is 13.2 Å². The zero-order valence-electron chi connectivity index (χ0n) is 9.40. The van der Waals surface area contributed by atoms with E-state index in [2.05, 4.69) is 4.98 Å². The molecule has 0 atom stereocenters. The van der Waals surface area contributed by atoms with Gasteiger partial charge in [-0.2, -0.15) is 13.2 Å². The molecule has 0 radical (unpaired) electrons. The summed E-state index contributed by atoms with van der Waals surface area (Å²) in [5.41, 5.74) is -1.32. The van der Waals surface area contributed by atoms with Gasteiger partial charge < -0.3 is 0 Å². The molecular weight excluding hydrogens is 245 g/mol. The summed E-state index contributed by atoms with van der Waals surface area (Å²) >= 11 is 0. The Bertz CT molecular complexity index is 632. The Morgan fingerprint density at radius 1 is 1.17 bits per heavy atom. The lowest BCUT2D eigenvalue weighted by Gasteiger charge is -2.13. The van der Waals surface area contributed by atoms with Gasteiger partial charge in [0.1, 0.15) is 5.82 Å². The number of halogens is 3. The molecule has 1 heterocycles. The first-order chi connectivity index (χ1) is 8.41. The molecule has 0 aliphatic rings. The van der Waals surface area contributed by atoms with Crippen molar-refractivity contribution in [3.63, 3.8) is 0 Å². The van der Waals surface area contributed by atoms with Crippen LogP contribution in [0.2, 0.25) is 0 Å². The van der Waals surface area contributed by atoms with E-state index in [9.17, 15) is 18.0 Å². The highest BCUT2D eigenvalue weighted by molar-refractivity contribution is 5.61. The van der Waals surface area contributed by atoms with Gasteiger partial charge in [-0.3, -0.25) is 9.36 Å². The summed E-state index contributed by atoms with van der Waals surface area (Å²) in [6, 6.07) is 6.23. The molecule has 0 N–H and O–H groups in total. The second kappa shape index (κ2) is 4.29. The van der Waals surface area contributed by atoms with Gasteiger partial charge in [-0.25, -0.2) is 4.98 Å². The van der Waals surface area contributed by atoms with Crippen molar-refractivity contribution in [2.75, 3.05) is 0 Å². The van der Waals surface area contributed by atoms with Crippen LogP contribution in [0, 0.1) is 0 Å². The third-order valence-corrected chi connectivity index (χ3v) is 2.54. The van der Waals surface area contributed by atoms with E-state index in [0.29, 0.717) is 0 Å². The number of hydrogen-bond donors (Lipinski definition) is 0. The van der Waals surface area contributed by atoms with Gasteiger partial charge in [0.2, 0.25) is 0 Å². The van der Waals surface area contributed by atoms with E-state index in [1.807, 2.05) is 0 Å². The number of aromatic nitrogens is 2. The van der Waals surface area contributed by atoms with Crippen LogP contribution >= 0.6 is 0 Å². The Labute approximate surface area is 101 Å². The summed E-state index contributed by atoms with van der Waals surface area (Å²) in [6.07, 6.45) is -3.28. The van der Waals surface area contributed by atoms with Crippen molar-refractivity contribution in [3.8, 4) is 11.4 Å². The van der Waals surface area contributed by atoms with Gasteiger partial charge in [0.15, 0.2) is 0 Å². The minimum Gasteiger partial charge on any atom is -0.296 e. The van der Waals surface area contributed by atoms with Crippen molar-refractivity contribution in [1.82, 2.24) is 9.55 Å². The smallest absolute Gasteiger partial charge is 0.296 e. The maximum absolute atomic E-state index is 12.9. The Kier molecular flexibility index (Phi) is 2.94. The molecule has 2 aromatic rings. The van der Waals surface area contributed by atoms with E-state index in [4.69, 9.17) is 0 Å². The lowest BCUT2D eigenvalue weighted by molar-refractivity contribution is -0.137. The Morgan fingerprint density at radius 3 is 2.50 bits per heavy atom. The van der Waals surface area contributed by atoms with E-state index >= 15 is 0 Å². The van der Waals surface area contributed by atoms with Crippen LogP contribution in [0.5, 0.6) is 0 Å². The maximum Gasteiger partial charge on any atom is 0.417 e. The standard InChI is InChI=1S/C12H9F3N2O/c1-17-10(18)6-7-16-11(17)8-4-2-3-5-9(8)12(13,14)15/h2-7H,1H3. The molecule has 0 bridgehead atoms. The summed E-state index contributed by atoms with van der Waals surface area (Å²) in [4.78, 5) is 15.3. The molecule has 0 aliphatic carbocycles. The fourth-order valence-electron chi connectivity index (χ4n) is 1.65. The summed E-state index contributed by atoms with van der Waals surface area (Å²) in [7, 11) is 1.39. The Balaban J connectivity index is 2.73. The van der Waals surface area contributed by atoms with Gasteiger partial charge in [0.25, 0.3) is 5.56 Å². The second-order valence-corrected chi connectivity index (χ2v) is 3.71. The predicted octanol–water partition coefficient (Wildman–Crippen LogP) is 2.47. The number of nitrogens with zero attached hydrogens (tertiary/aromatic N) is 2. The molecule has 2 rings (SSSR count). The number of benzene rings is 1. The fraction of sp³-hybridized carbons (Fsp3) is 0.167. The molecule has 0 saturated carbocycles. The molecule has 0 spiro atoms. The van der Waals surface area contributed by atoms with Crippen LogP contribution in [0.3, 0.4) is 0 Å². The fourth-order valence-corrected chi connectivity index (χ4v) is 1.65. The van der Waals surface area contributed by atoms with Gasteiger partial charge in [-0.1, -0.05) is 18.2 Å². The van der Waals surface area contributed by atoms with Crippen molar-refractivity contribution < 1.29 is 13.2 Å². The average molecular weight is 254 g/mol. The molecule has 0 aliphatic heterocycles. The van der Waals surface area contributed by atoms with E-state index in [0.717, 1.165) is 10.6 Å². The molecule has 0 unspecified atom stereocenters. The molecule has 3 nitrogen and oxygen atoms in total. The minimum atomic E-state index is -4.48. The highest BCUT2D eigenvalue weighted by atomic mass is 19.4. The van der Waals surface area contributed by atoms with Crippen LogP contribution < -0.4 is 5.56 Å². The van der Waals surface area contributed by atoms with Crippen molar-refractivity contribution in [1.29, 1.82) is 0 Å². The first kappa shape index (κ1) is 12.3. The van der Waals surface area contributed by atoms with E-state index < -0.39 is 17.3 Å². The zero-order valence-corrected chi connectivity index (χ0v) is 9.40. The average Bonchev–Trinajstić information content (AvgIpc) is 2.32. The first-order valence-electron chi connectivity index (χ1n) is 5.10. The molecule has 0 amide bonds. The van der Waals surface area contributed by atoms with Crippen LogP contribution in [-0.2, 0) is 13.2 Å². The summed E-state index contributed by atoms with van der Waals surface area (Å²) < 4.78 is 39.6. The Hall–Kier alpha value is -2.11. The number of alkyl halides is 3. The molecule has 6 heteroatoms. The summed E-state index contributed by atoms with van der Waals surface area (Å²) in [5.74, 6) is -0.00424. The largest absolute Gasteiger partial charge is 0.417 e. The normalized spacial score (nSPS) is 11.6. The van der Waals surface area contributed by atoms with Crippen LogP contribution in [-0.4, -0.2) is 9.55 Å². The van der Waals surface area contributed by atoms with Gasteiger partial charge in [0.05, 0.1) is 5.56 Å². The van der Waals surface area contributed by atoms with Gasteiger partial charge in [-0.05, 0) is 6.07 Å². The lowest BCUT2D eigenvalue weighted by Crippen LogP contribution is -2.19. The van der Waals surface area contributed by atoms with Crippen molar-refractivity contribution in [2.45, 2.75) is 6.18 Å². The van der Waals surface area contributed by atoms with Crippen molar-refractivity contribution in [2.24, 2.45) is 7.05 Å². The van der Waals surface area contributed by atoms with Gasteiger partial charge in [0, 0.05) is 24.9 Å². The van der Waals surface area contributed by atoms with E-state index in [-0.39, 0.29) is 11.4 Å². The van der Waals surface area contributed by atoms with Crippen molar-refractivity contribution in [3.05, 3.63) is 52.4 Å². The highest BCUT2D eigenvalue weighted by Gasteiger charge is 2.34. The van der Waals surface area contributed by atoms with E-state index in [1.165, 1.54) is 37.5 Å². The molecule has 1 aromatic heterocycles. The molecule has 18 heavy (non-hydrogen) atoms. The van der Waals surface area contributed by atoms with Crippen molar-refractivity contribution >= 4 is 0 Å². The maximum atomic E-state index is 12.9. The summed E-state index contributed by atoms with van der Waals surface area (Å²) in [6.45, 7) is 0. The van der Waals surface area contributed by atoms with Crippen LogP contribution in [0.1, 0.15) is 5.56 Å². The molecule has 1 aromatic carbocycles. The second-order valence-electron chi connectivity index (χ2n) is 3.71. The number of rotatable bonds is 1. The third kappa shape index (κ3) is 2.13.